The molecule has 0 aliphatic heterocycles. The summed E-state index contributed by atoms with van der Waals surface area (Å²) in [5, 5.41) is 30.6. The number of nitro benzene ring substituents is 1. The number of hydrogen-bond donors (Lipinski definition) is 1. The first kappa shape index (κ1) is 45.3. The van der Waals surface area contributed by atoms with Crippen LogP contribution >= 0.6 is 0 Å². The summed E-state index contributed by atoms with van der Waals surface area (Å²) in [7, 11) is -14.2. The fourth-order valence-corrected chi connectivity index (χ4v) is 7.38. The van der Waals surface area contributed by atoms with Gasteiger partial charge < -0.3 is 18.6 Å². The van der Waals surface area contributed by atoms with E-state index >= 15 is 0 Å². The second kappa shape index (κ2) is 18.4. The number of nitrogens with one attached hydrogen (secondary N) is 1. The molecule has 1 N–H and O–H groups in total. The van der Waals surface area contributed by atoms with Crippen LogP contribution in [0.25, 0.3) is 10.8 Å². The second-order valence-corrected chi connectivity index (χ2v) is 15.8. The van der Waals surface area contributed by atoms with E-state index in [-0.39, 0.29) is 109 Å². The Bertz CT molecular complexity index is 2860. The van der Waals surface area contributed by atoms with E-state index in [1.807, 2.05) is 6.92 Å². The van der Waals surface area contributed by atoms with Crippen molar-refractivity contribution >= 4 is 80.9 Å². The van der Waals surface area contributed by atoms with Gasteiger partial charge in [0.2, 0.25) is 0 Å². The second-order valence-electron chi connectivity index (χ2n) is 11.5. The molecule has 0 aliphatic rings. The van der Waals surface area contributed by atoms with Crippen LogP contribution in [-0.4, -0.2) is 39.3 Å². The number of aryl methyl sites for hydroxylation is 1. The molecule has 0 bridgehead atoms. The number of hydrogen-bond acceptors (Lipinski definition) is 16. The smallest absolute Gasteiger partial charge is 0.744 e. The molecule has 6 aromatic rings. The predicted octanol–water partition coefficient (Wildman–Crippen LogP) is 2.21. The molecule has 0 unspecified atom stereocenters. The van der Waals surface area contributed by atoms with Crippen molar-refractivity contribution in [1.82, 2.24) is 0 Å². The van der Waals surface area contributed by atoms with Gasteiger partial charge in [-0.2, -0.15) is 18.6 Å². The van der Waals surface area contributed by atoms with Crippen molar-refractivity contribution in [3.63, 3.8) is 0 Å². The van der Waals surface area contributed by atoms with Gasteiger partial charge >= 0.3 is 69.2 Å². The van der Waals surface area contributed by atoms with Crippen LogP contribution in [0, 0.1) is 17.0 Å². The van der Waals surface area contributed by atoms with Crippen molar-refractivity contribution in [2.24, 2.45) is 20.5 Å². The van der Waals surface area contributed by atoms with E-state index < -0.39 is 50.8 Å². The molecule has 0 heterocycles. The summed E-state index contributed by atoms with van der Waals surface area (Å²) >= 11 is 0. The normalized spacial score (nSPS) is 11.9. The molecule has 6 rings (SSSR count). The maximum atomic E-state index is 12.6. The van der Waals surface area contributed by atoms with E-state index in [0.717, 1.165) is 23.8 Å². The van der Waals surface area contributed by atoms with Crippen LogP contribution in [0.3, 0.4) is 0 Å². The third kappa shape index (κ3) is 11.1. The number of rotatable bonds is 12. The minimum absolute atomic E-state index is 0. The molecule has 0 spiro atoms. The number of nitro groups is 1. The number of fused-ring (bicyclic) bond motifs is 1. The van der Waals surface area contributed by atoms with E-state index in [0.29, 0.717) is 11.8 Å². The van der Waals surface area contributed by atoms with Gasteiger partial charge in [-0.1, -0.05) is 29.8 Å². The minimum Gasteiger partial charge on any atom is -0.744 e. The molecule has 0 radical (unpaired) electrons. The van der Waals surface area contributed by atoms with E-state index in [1.165, 1.54) is 84.9 Å². The minimum atomic E-state index is -5.07. The first-order valence-corrected chi connectivity index (χ1v) is 19.8. The summed E-state index contributed by atoms with van der Waals surface area (Å²) in [6, 6.07) is 27.3. The summed E-state index contributed by atoms with van der Waals surface area (Å²) < 4.78 is 103. The monoisotopic (exact) mass is 846 g/mol. The maximum absolute atomic E-state index is 12.6. The largest absolute Gasteiger partial charge is 1.00 e. The summed E-state index contributed by atoms with van der Waals surface area (Å²) in [4.78, 5) is 8.82. The van der Waals surface area contributed by atoms with Crippen molar-refractivity contribution in [2.45, 2.75) is 21.6 Å². The Morgan fingerprint density at radius 2 is 1.19 bits per heavy atom. The molecule has 0 amide bonds. The Hall–Kier alpha value is -4.45. The SMILES string of the molecule is Cc1ccc(S(=O)(=O)Oc2ccc(N=Nc3ccc(N=Nc4ccc(Nc5ccc([N+](=O)[O-])cc5S(=O)(=O)[O-])cc4)c4cccc(S(=O)(=O)[O-])c34)cc2)cc1.[Na+].[Na+]. The number of azo groups is 2. The van der Waals surface area contributed by atoms with Crippen LogP contribution in [0.15, 0.2) is 156 Å². The van der Waals surface area contributed by atoms with Crippen LogP contribution < -0.4 is 68.6 Å². The molecular formula is C35H24N6Na2O11S3. The maximum Gasteiger partial charge on any atom is 1.00 e. The third-order valence-corrected chi connectivity index (χ3v) is 10.7. The van der Waals surface area contributed by atoms with Crippen molar-refractivity contribution in [3.8, 4) is 5.75 Å². The molecule has 22 heteroatoms. The van der Waals surface area contributed by atoms with Crippen LogP contribution in [0.5, 0.6) is 5.75 Å². The Kier molecular flexibility index (Phi) is 14.6. The van der Waals surface area contributed by atoms with Crippen molar-refractivity contribution in [2.75, 3.05) is 5.32 Å². The van der Waals surface area contributed by atoms with Crippen LogP contribution in [0.2, 0.25) is 0 Å². The van der Waals surface area contributed by atoms with Gasteiger partial charge in [-0.05, 0) is 91.9 Å². The molecule has 0 saturated heterocycles. The van der Waals surface area contributed by atoms with E-state index in [1.54, 1.807) is 12.1 Å². The van der Waals surface area contributed by atoms with Gasteiger partial charge in [-0.15, -0.1) is 10.2 Å². The zero-order valence-corrected chi connectivity index (χ0v) is 36.4. The predicted molar refractivity (Wildman–Crippen MR) is 196 cm³/mol. The number of anilines is 2. The van der Waals surface area contributed by atoms with E-state index in [4.69, 9.17) is 4.18 Å². The fraction of sp³-hybridized carbons (Fsp3) is 0.0286. The summed E-state index contributed by atoms with van der Waals surface area (Å²) in [6.07, 6.45) is 0. The van der Waals surface area contributed by atoms with Crippen LogP contribution in [0.4, 0.5) is 39.8 Å². The first-order valence-electron chi connectivity index (χ1n) is 15.6. The number of nitrogens with zero attached hydrogens (tertiary/aromatic N) is 5. The van der Waals surface area contributed by atoms with E-state index in [9.17, 15) is 44.5 Å². The molecule has 0 aliphatic carbocycles. The number of non-ortho nitro benzene ring substituents is 1. The summed E-state index contributed by atoms with van der Waals surface area (Å²) in [6.45, 7) is 1.82. The van der Waals surface area contributed by atoms with Crippen LogP contribution in [0.1, 0.15) is 5.56 Å². The Balaban J connectivity index is 0.00000360. The van der Waals surface area contributed by atoms with Gasteiger partial charge in [0.1, 0.15) is 30.9 Å². The first-order chi connectivity index (χ1) is 26.0. The van der Waals surface area contributed by atoms with Gasteiger partial charge in [-0.3, -0.25) is 10.1 Å². The van der Waals surface area contributed by atoms with Gasteiger partial charge in [0.05, 0.1) is 43.2 Å². The molecule has 57 heavy (non-hydrogen) atoms. The van der Waals surface area contributed by atoms with Gasteiger partial charge in [0, 0.05) is 28.6 Å². The van der Waals surface area contributed by atoms with Gasteiger partial charge in [0.25, 0.3) is 5.69 Å². The van der Waals surface area contributed by atoms with Crippen molar-refractivity contribution in [1.29, 1.82) is 0 Å². The summed E-state index contributed by atoms with van der Waals surface area (Å²) in [5.74, 6) is 0.0126. The average Bonchev–Trinajstić information content (AvgIpc) is 3.13. The molecule has 0 atom stereocenters. The fourth-order valence-electron chi connectivity index (χ4n) is 5.09. The van der Waals surface area contributed by atoms with Crippen LogP contribution in [-0.2, 0) is 30.4 Å². The molecular weight excluding hydrogens is 823 g/mol. The standard InChI is InChI=1S/C35H26N6O11S3.2Na/c1-22-5-16-28(17-6-22)55(50,51)52-27-14-11-25(12-15-27)38-40-32-20-19-30(29-3-2-4-33(35(29)32)53(44,45)46)39-37-24-9-7-23(8-10-24)36-31-18-13-26(41(42)43)21-34(31)54(47,48)49;;/h2-21,36H,1H3,(H,44,45,46)(H,47,48,49);;/q;2*+1/p-2. The Labute approximate surface area is 370 Å². The molecule has 6 aromatic carbocycles. The van der Waals surface area contributed by atoms with Crippen molar-refractivity contribution in [3.05, 3.63) is 137 Å². The third-order valence-electron chi connectivity index (χ3n) is 7.72. The molecule has 0 saturated carbocycles. The van der Waals surface area contributed by atoms with Gasteiger partial charge in [-0.25, -0.2) is 16.8 Å². The molecule has 0 aromatic heterocycles. The average molecular weight is 847 g/mol. The zero-order valence-electron chi connectivity index (χ0n) is 30.0. The number of benzene rings is 6. The molecule has 280 valence electrons. The topological polar surface area (TPSA) is 262 Å². The summed E-state index contributed by atoms with van der Waals surface area (Å²) in [5.41, 5.74) is 1.12. The molecule has 17 nitrogen and oxygen atoms in total. The van der Waals surface area contributed by atoms with Crippen molar-refractivity contribution < 1.29 is 103 Å². The molecule has 0 fully saturated rings. The Morgan fingerprint density at radius 1 is 0.632 bits per heavy atom. The Morgan fingerprint density at radius 3 is 1.77 bits per heavy atom. The quantitative estimate of drug-likeness (QED) is 0.0464. The van der Waals surface area contributed by atoms with Gasteiger partial charge in [0.15, 0.2) is 0 Å². The zero-order chi connectivity index (χ0) is 39.5. The van der Waals surface area contributed by atoms with E-state index in [2.05, 4.69) is 25.8 Å².